The largest absolute Gasteiger partial charge is 0.369 e. The molecule has 0 aromatic carbocycles. The molecule has 0 aromatic rings. The minimum Gasteiger partial charge on any atom is -0.369 e. The third-order valence-corrected chi connectivity index (χ3v) is 5.48. The summed E-state index contributed by atoms with van der Waals surface area (Å²) in [6.07, 6.45) is 13.9. The summed E-state index contributed by atoms with van der Waals surface area (Å²) in [5, 5.41) is 9.04. The molecule has 19 heavy (non-hydrogen) atoms. The van der Waals surface area contributed by atoms with Crippen LogP contribution in [-0.2, 0) is 0 Å². The van der Waals surface area contributed by atoms with E-state index in [9.17, 15) is 0 Å². The number of nitrogens with zero attached hydrogens (tertiary/aromatic N) is 2. The summed E-state index contributed by atoms with van der Waals surface area (Å²) in [4.78, 5) is 1.88. The van der Waals surface area contributed by atoms with Gasteiger partial charge in [0.2, 0.25) is 0 Å². The van der Waals surface area contributed by atoms with Crippen LogP contribution >= 0.6 is 0 Å². The predicted octanol–water partition coefficient (Wildman–Crippen LogP) is 3.58. The zero-order chi connectivity index (χ0) is 13.4. The van der Waals surface area contributed by atoms with E-state index in [4.69, 9.17) is 5.26 Å². The molecule has 4 saturated carbocycles. The summed E-state index contributed by atoms with van der Waals surface area (Å²) in [6, 6.07) is 2.24. The van der Waals surface area contributed by atoms with Crippen LogP contribution in [0.2, 0.25) is 0 Å². The van der Waals surface area contributed by atoms with Gasteiger partial charge in [0.05, 0.1) is 0 Å². The Bertz CT molecular complexity index is 411. The lowest BCUT2D eigenvalue weighted by atomic mass is 9.52. The van der Waals surface area contributed by atoms with Crippen LogP contribution in [-0.4, -0.2) is 19.0 Å². The Labute approximate surface area is 116 Å². The molecule has 0 heterocycles. The standard InChI is InChI=1S/C17H24N2/c1-19(2)16(11-18)4-3-5-17-14-7-12-6-13(9-14)10-15(17)8-12/h3-5,12-15,17H,6-10H2,1-2H3/b5-3+,16-4+. The minimum atomic E-state index is 0.736. The van der Waals surface area contributed by atoms with Gasteiger partial charge in [0.15, 0.2) is 0 Å². The van der Waals surface area contributed by atoms with Gasteiger partial charge in [-0.3, -0.25) is 0 Å². The van der Waals surface area contributed by atoms with Crippen LogP contribution < -0.4 is 0 Å². The van der Waals surface area contributed by atoms with E-state index < -0.39 is 0 Å². The Morgan fingerprint density at radius 2 is 1.63 bits per heavy atom. The lowest BCUT2D eigenvalue weighted by molar-refractivity contribution is -0.0161. The molecule has 2 nitrogen and oxygen atoms in total. The lowest BCUT2D eigenvalue weighted by Gasteiger charge is -2.53. The van der Waals surface area contributed by atoms with E-state index in [1.807, 2.05) is 25.1 Å². The molecule has 0 radical (unpaired) electrons. The molecule has 0 aliphatic heterocycles. The maximum Gasteiger partial charge on any atom is 0.117 e. The Kier molecular flexibility index (Phi) is 3.39. The van der Waals surface area contributed by atoms with Crippen molar-refractivity contribution in [1.29, 1.82) is 5.26 Å². The fraction of sp³-hybridized carbons (Fsp3) is 0.706. The fourth-order valence-electron chi connectivity index (χ4n) is 4.84. The summed E-state index contributed by atoms with van der Waals surface area (Å²) in [7, 11) is 3.84. The van der Waals surface area contributed by atoms with Gasteiger partial charge in [-0.1, -0.05) is 12.2 Å². The fourth-order valence-corrected chi connectivity index (χ4v) is 4.84. The van der Waals surface area contributed by atoms with Gasteiger partial charge in [0.1, 0.15) is 11.8 Å². The van der Waals surface area contributed by atoms with Crippen molar-refractivity contribution in [2.45, 2.75) is 32.1 Å². The van der Waals surface area contributed by atoms with Crippen LogP contribution in [0, 0.1) is 40.9 Å². The first kappa shape index (κ1) is 12.8. The van der Waals surface area contributed by atoms with E-state index in [0.29, 0.717) is 0 Å². The molecule has 0 atom stereocenters. The summed E-state index contributed by atoms with van der Waals surface area (Å²) in [5.74, 6) is 4.74. The zero-order valence-electron chi connectivity index (χ0n) is 12.0. The Morgan fingerprint density at radius 3 is 2.11 bits per heavy atom. The van der Waals surface area contributed by atoms with Crippen molar-refractivity contribution in [1.82, 2.24) is 4.90 Å². The van der Waals surface area contributed by atoms with E-state index in [1.165, 1.54) is 32.1 Å². The van der Waals surface area contributed by atoms with Crippen LogP contribution in [0.5, 0.6) is 0 Å². The molecule has 4 bridgehead atoms. The molecule has 4 aliphatic rings. The van der Waals surface area contributed by atoms with Crippen molar-refractivity contribution in [2.75, 3.05) is 14.1 Å². The highest BCUT2D eigenvalue weighted by Crippen LogP contribution is 2.56. The van der Waals surface area contributed by atoms with E-state index >= 15 is 0 Å². The molecule has 0 N–H and O–H groups in total. The van der Waals surface area contributed by atoms with Crippen molar-refractivity contribution in [2.24, 2.45) is 29.6 Å². The van der Waals surface area contributed by atoms with Crippen molar-refractivity contribution >= 4 is 0 Å². The average molecular weight is 256 g/mol. The SMILES string of the molecule is CN(C)/C(C#N)=C/C=C/C1C2CC3CC(C2)CC1C3. The quantitative estimate of drug-likeness (QED) is 0.570. The molecule has 4 rings (SSSR count). The van der Waals surface area contributed by atoms with Crippen molar-refractivity contribution in [3.05, 3.63) is 23.9 Å². The molecule has 4 fully saturated rings. The maximum absolute atomic E-state index is 9.04. The molecule has 0 aromatic heterocycles. The summed E-state index contributed by atoms with van der Waals surface area (Å²) in [5.41, 5.74) is 0.736. The third kappa shape index (κ3) is 2.43. The molecule has 2 heteroatoms. The zero-order valence-corrected chi connectivity index (χ0v) is 12.0. The first-order valence-corrected chi connectivity index (χ1v) is 7.63. The van der Waals surface area contributed by atoms with Gasteiger partial charge in [-0.15, -0.1) is 0 Å². The third-order valence-electron chi connectivity index (χ3n) is 5.48. The predicted molar refractivity (Wildman–Crippen MR) is 77.1 cm³/mol. The van der Waals surface area contributed by atoms with Gasteiger partial charge in [-0.2, -0.15) is 5.26 Å². The molecule has 0 amide bonds. The molecule has 4 aliphatic carbocycles. The monoisotopic (exact) mass is 256 g/mol. The van der Waals surface area contributed by atoms with Crippen molar-refractivity contribution in [3.63, 3.8) is 0 Å². The molecule has 0 saturated heterocycles. The molecule has 0 unspecified atom stereocenters. The van der Waals surface area contributed by atoms with Crippen molar-refractivity contribution < 1.29 is 0 Å². The minimum absolute atomic E-state index is 0.736. The maximum atomic E-state index is 9.04. The lowest BCUT2D eigenvalue weighted by Crippen LogP contribution is -2.44. The topological polar surface area (TPSA) is 27.0 Å². The highest BCUT2D eigenvalue weighted by atomic mass is 15.1. The second kappa shape index (κ2) is 5.04. The van der Waals surface area contributed by atoms with E-state index in [0.717, 1.165) is 35.3 Å². The molecule has 102 valence electrons. The number of hydrogen-bond acceptors (Lipinski definition) is 2. The smallest absolute Gasteiger partial charge is 0.117 e. The first-order chi connectivity index (χ1) is 9.17. The van der Waals surface area contributed by atoms with Crippen LogP contribution in [0.4, 0.5) is 0 Å². The van der Waals surface area contributed by atoms with Gasteiger partial charge >= 0.3 is 0 Å². The van der Waals surface area contributed by atoms with Crippen LogP contribution in [0.3, 0.4) is 0 Å². The van der Waals surface area contributed by atoms with Gasteiger partial charge in [0, 0.05) is 14.1 Å². The normalized spacial score (nSPS) is 40.7. The summed E-state index contributed by atoms with van der Waals surface area (Å²) >= 11 is 0. The van der Waals surface area contributed by atoms with E-state index in [2.05, 4.69) is 18.2 Å². The number of rotatable bonds is 3. The van der Waals surface area contributed by atoms with Crippen LogP contribution in [0.25, 0.3) is 0 Å². The van der Waals surface area contributed by atoms with Crippen LogP contribution in [0.15, 0.2) is 23.9 Å². The first-order valence-electron chi connectivity index (χ1n) is 7.63. The molecular formula is C17H24N2. The van der Waals surface area contributed by atoms with Crippen molar-refractivity contribution in [3.8, 4) is 6.07 Å². The Hall–Kier alpha value is -1.23. The molecular weight excluding hydrogens is 232 g/mol. The van der Waals surface area contributed by atoms with Gasteiger partial charge in [-0.25, -0.2) is 0 Å². The van der Waals surface area contributed by atoms with Gasteiger partial charge in [-0.05, 0) is 67.8 Å². The number of nitriles is 1. The van der Waals surface area contributed by atoms with Crippen LogP contribution in [0.1, 0.15) is 32.1 Å². The highest BCUT2D eigenvalue weighted by Gasteiger charge is 2.46. The Morgan fingerprint density at radius 1 is 1.05 bits per heavy atom. The second-order valence-electron chi connectivity index (χ2n) is 6.95. The Balaban J connectivity index is 1.69. The average Bonchev–Trinajstić information content (AvgIpc) is 2.36. The highest BCUT2D eigenvalue weighted by molar-refractivity contribution is 5.24. The van der Waals surface area contributed by atoms with Gasteiger partial charge < -0.3 is 4.90 Å². The molecule has 0 spiro atoms. The summed E-state index contributed by atoms with van der Waals surface area (Å²) < 4.78 is 0. The van der Waals surface area contributed by atoms with E-state index in [-0.39, 0.29) is 0 Å². The number of allylic oxidation sites excluding steroid dienone is 4. The second-order valence-corrected chi connectivity index (χ2v) is 6.95. The summed E-state index contributed by atoms with van der Waals surface area (Å²) in [6.45, 7) is 0. The number of hydrogen-bond donors (Lipinski definition) is 0. The van der Waals surface area contributed by atoms with E-state index in [1.54, 1.807) is 0 Å². The van der Waals surface area contributed by atoms with Gasteiger partial charge in [0.25, 0.3) is 0 Å².